The van der Waals surface area contributed by atoms with E-state index in [2.05, 4.69) is 34.6 Å². The third-order valence-electron chi connectivity index (χ3n) is 7.00. The summed E-state index contributed by atoms with van der Waals surface area (Å²) in [5.41, 5.74) is 0.491. The monoisotopic (exact) mass is 724 g/mol. The van der Waals surface area contributed by atoms with Gasteiger partial charge in [0.1, 0.15) is 11.4 Å². The number of aromatic carboxylic acids is 2. The number of benzene rings is 2. The number of carbonyl (C=O) groups excluding carboxylic acids is 2. The molecule has 2 heterocycles. The van der Waals surface area contributed by atoms with Crippen LogP contribution in [0.1, 0.15) is 54.4 Å². The number of rotatable bonds is 12. The molecule has 0 radical (unpaired) electrons. The Bertz CT molecular complexity index is 2070. The number of aromatic amines is 2. The molecule has 0 aliphatic heterocycles. The van der Waals surface area contributed by atoms with Crippen molar-refractivity contribution < 1.29 is 55.7 Å². The number of hydrogen-bond donors (Lipinski definition) is 4. The van der Waals surface area contributed by atoms with Crippen LogP contribution in [-0.4, -0.2) is 43.7 Å². The predicted octanol–water partition coefficient (Wildman–Crippen LogP) is 8.83. The molecule has 0 aliphatic carbocycles. The second-order valence-corrected chi connectivity index (χ2v) is 11.3. The Hall–Kier alpha value is -6.27. The average Bonchev–Trinajstić information content (AvgIpc) is 3.74. The molecule has 4 N–H and O–H groups in total. The van der Waals surface area contributed by atoms with Crippen LogP contribution in [0.15, 0.2) is 107 Å². The van der Waals surface area contributed by atoms with Crippen LogP contribution in [-0.2, 0) is 21.9 Å². The van der Waals surface area contributed by atoms with E-state index in [4.69, 9.17) is 0 Å². The van der Waals surface area contributed by atoms with Gasteiger partial charge in [-0.15, -0.1) is 11.5 Å². The van der Waals surface area contributed by atoms with E-state index < -0.39 is 56.8 Å². The van der Waals surface area contributed by atoms with Crippen molar-refractivity contribution in [2.75, 3.05) is 0 Å². The minimum atomic E-state index is -5.03. The molecule has 0 spiro atoms. The molecule has 15 heteroatoms. The molecule has 4 rings (SSSR count). The van der Waals surface area contributed by atoms with E-state index >= 15 is 0 Å². The fraction of sp³-hybridized carbons (Fsp3) is 0.0556. The summed E-state index contributed by atoms with van der Waals surface area (Å²) in [5, 5.41) is 18.6. The van der Waals surface area contributed by atoms with Crippen molar-refractivity contribution in [3.63, 3.8) is 0 Å². The summed E-state index contributed by atoms with van der Waals surface area (Å²) in [7, 11) is 0. The maximum Gasteiger partial charge on any atom is 0.417 e. The smallest absolute Gasteiger partial charge is 0.417 e. The van der Waals surface area contributed by atoms with Gasteiger partial charge in [0, 0.05) is 33.3 Å². The molecule has 0 saturated carbocycles. The Morgan fingerprint density at radius 1 is 0.647 bits per heavy atom. The average molecular weight is 725 g/mol. The zero-order valence-corrected chi connectivity index (χ0v) is 26.5. The highest BCUT2D eigenvalue weighted by atomic mass is 32.2. The third-order valence-corrected chi connectivity index (χ3v) is 8.15. The number of ketones is 2. The molecule has 0 aliphatic rings. The Kier molecular flexibility index (Phi) is 11.1. The molecule has 4 aromatic rings. The summed E-state index contributed by atoms with van der Waals surface area (Å²) >= 11 is 0.198. The van der Waals surface area contributed by atoms with Crippen LogP contribution >= 0.6 is 11.8 Å². The van der Waals surface area contributed by atoms with E-state index in [1.807, 2.05) is 0 Å². The summed E-state index contributed by atoms with van der Waals surface area (Å²) in [6.45, 7) is 6.74. The molecule has 0 amide bonds. The topological polar surface area (TPSA) is 140 Å². The minimum Gasteiger partial charge on any atom is -0.477 e. The molecule has 260 valence electrons. The molecule has 0 unspecified atom stereocenters. The zero-order valence-electron chi connectivity index (χ0n) is 25.7. The molecule has 2 aromatic carbocycles. The highest BCUT2D eigenvalue weighted by Crippen LogP contribution is 2.44. The van der Waals surface area contributed by atoms with Crippen molar-refractivity contribution in [2.45, 2.75) is 22.1 Å². The van der Waals surface area contributed by atoms with Gasteiger partial charge < -0.3 is 20.2 Å². The van der Waals surface area contributed by atoms with Crippen molar-refractivity contribution in [1.82, 2.24) is 9.97 Å². The lowest BCUT2D eigenvalue weighted by molar-refractivity contribution is -0.140. The van der Waals surface area contributed by atoms with Crippen LogP contribution in [0, 0.1) is 0 Å². The highest BCUT2D eigenvalue weighted by Gasteiger charge is 2.37. The summed E-state index contributed by atoms with van der Waals surface area (Å²) in [6, 6.07) is 8.04. The second kappa shape index (κ2) is 15.1. The summed E-state index contributed by atoms with van der Waals surface area (Å²) in [4.78, 5) is 52.1. The Labute approximate surface area is 288 Å². The summed E-state index contributed by atoms with van der Waals surface area (Å²) in [6.07, 6.45) is -3.73. The number of allylic oxidation sites excluding steroid dienone is 4. The van der Waals surface area contributed by atoms with E-state index in [0.717, 1.165) is 48.6 Å². The molecule has 0 bridgehead atoms. The summed E-state index contributed by atoms with van der Waals surface area (Å²) < 4.78 is 85.0. The fourth-order valence-electron chi connectivity index (χ4n) is 4.69. The number of carboxylic acids is 2. The van der Waals surface area contributed by atoms with Crippen LogP contribution in [0.3, 0.4) is 0 Å². The van der Waals surface area contributed by atoms with Crippen molar-refractivity contribution >= 4 is 58.6 Å². The molecule has 0 atom stereocenters. The van der Waals surface area contributed by atoms with Gasteiger partial charge in [0.25, 0.3) is 0 Å². The molecular weight excluding hydrogens is 702 g/mol. The molecule has 2 aromatic heterocycles. The maximum atomic E-state index is 14.2. The molecule has 0 fully saturated rings. The largest absolute Gasteiger partial charge is 0.477 e. The highest BCUT2D eigenvalue weighted by molar-refractivity contribution is 7.99. The first-order chi connectivity index (χ1) is 24.0. The zero-order chi connectivity index (χ0) is 37.7. The minimum absolute atomic E-state index is 0.0483. The first-order valence-corrected chi connectivity index (χ1v) is 14.9. The van der Waals surface area contributed by atoms with E-state index in [1.165, 1.54) is 24.5 Å². The fourth-order valence-corrected chi connectivity index (χ4v) is 5.77. The quantitative estimate of drug-likeness (QED) is 0.0650. The van der Waals surface area contributed by atoms with Crippen molar-refractivity contribution in [2.24, 2.45) is 0 Å². The van der Waals surface area contributed by atoms with Crippen molar-refractivity contribution in [1.29, 1.82) is 0 Å². The van der Waals surface area contributed by atoms with E-state index in [-0.39, 0.29) is 56.5 Å². The SMILES string of the molecule is C=C=C(C(=O)/C=C/c1ccc(Sc2ccc(/C=C/C(=O)C(=C=C)c3cc[nH]c3C(=O)O)cc2C(F)(F)F)c(C(F)(F)F)c1)c1cc[nH]c1C(=O)O. The third kappa shape index (κ3) is 8.67. The molecule has 8 nitrogen and oxygen atoms in total. The van der Waals surface area contributed by atoms with Gasteiger partial charge in [0.05, 0.1) is 22.3 Å². The Balaban J connectivity index is 1.63. The number of carbonyl (C=O) groups is 4. The van der Waals surface area contributed by atoms with Gasteiger partial charge in [-0.2, -0.15) is 26.3 Å². The number of aromatic nitrogens is 2. The lowest BCUT2D eigenvalue weighted by Gasteiger charge is -2.17. The first-order valence-electron chi connectivity index (χ1n) is 14.1. The number of hydrogen-bond acceptors (Lipinski definition) is 5. The predicted molar refractivity (Wildman–Crippen MR) is 176 cm³/mol. The van der Waals surface area contributed by atoms with Crippen LogP contribution in [0.25, 0.3) is 23.3 Å². The molecule has 51 heavy (non-hydrogen) atoms. The van der Waals surface area contributed by atoms with Crippen molar-refractivity contribution in [3.05, 3.63) is 142 Å². The number of H-pyrrole nitrogens is 2. The molecule has 0 saturated heterocycles. The second-order valence-electron chi connectivity index (χ2n) is 10.3. The van der Waals surface area contributed by atoms with Crippen LogP contribution < -0.4 is 0 Å². The Morgan fingerprint density at radius 2 is 1.02 bits per heavy atom. The number of alkyl halides is 6. The first kappa shape index (κ1) is 37.5. The standard InChI is InChI=1S/C36H22F6N2O6S/c1-3-21(23-13-15-43-31(23)33(47)48)27(45)9-5-19-7-11-29(25(17-19)35(37,38)39)51-30-12-8-20(18-26(30)36(40,41)42)6-10-28(46)22(4-2)24-14-16-44-32(24)34(49)50/h5-18,43-44H,1-2H2,(H,47,48)(H,49,50)/b9-5+,10-6+. The van der Waals surface area contributed by atoms with Gasteiger partial charge in [-0.05, 0) is 59.7 Å². The van der Waals surface area contributed by atoms with Crippen molar-refractivity contribution in [3.8, 4) is 0 Å². The lowest BCUT2D eigenvalue weighted by Crippen LogP contribution is -2.09. The molecular formula is C36H22F6N2O6S. The van der Waals surface area contributed by atoms with E-state index in [0.29, 0.717) is 12.1 Å². The van der Waals surface area contributed by atoms with Gasteiger partial charge in [0.15, 0.2) is 11.6 Å². The van der Waals surface area contributed by atoms with Gasteiger partial charge in [-0.1, -0.05) is 49.2 Å². The summed E-state index contributed by atoms with van der Waals surface area (Å²) in [5.74, 6) is -4.40. The normalized spacial score (nSPS) is 11.7. The van der Waals surface area contributed by atoms with Gasteiger partial charge >= 0.3 is 24.3 Å². The van der Waals surface area contributed by atoms with Crippen LogP contribution in [0.4, 0.5) is 26.3 Å². The maximum absolute atomic E-state index is 14.2. The number of nitrogens with one attached hydrogen (secondary N) is 2. The van der Waals surface area contributed by atoms with E-state index in [1.54, 1.807) is 0 Å². The van der Waals surface area contributed by atoms with Crippen LogP contribution in [0.2, 0.25) is 0 Å². The number of carboxylic acid groups (broad SMARTS) is 2. The van der Waals surface area contributed by atoms with Gasteiger partial charge in [-0.25, -0.2) is 9.59 Å². The lowest BCUT2D eigenvalue weighted by atomic mass is 10.0. The van der Waals surface area contributed by atoms with Gasteiger partial charge in [0.2, 0.25) is 0 Å². The van der Waals surface area contributed by atoms with E-state index in [9.17, 15) is 55.7 Å². The van der Waals surface area contributed by atoms with Gasteiger partial charge in [-0.3, -0.25) is 9.59 Å². The van der Waals surface area contributed by atoms with Crippen LogP contribution in [0.5, 0.6) is 0 Å². The number of halogens is 6. The Morgan fingerprint density at radius 3 is 1.33 bits per heavy atom.